The van der Waals surface area contributed by atoms with Crippen LogP contribution in [0.2, 0.25) is 5.02 Å². The van der Waals surface area contributed by atoms with Crippen LogP contribution >= 0.6 is 11.6 Å². The summed E-state index contributed by atoms with van der Waals surface area (Å²) in [6.07, 6.45) is 9.38. The minimum absolute atomic E-state index is 0.0524. The Hall–Kier alpha value is -2.45. The number of pyridine rings is 1. The zero-order valence-electron chi connectivity index (χ0n) is 17.0. The summed E-state index contributed by atoms with van der Waals surface area (Å²) in [6, 6.07) is 1.98. The Morgan fingerprint density at radius 2 is 2.07 bits per heavy atom. The summed E-state index contributed by atoms with van der Waals surface area (Å²) in [4.78, 5) is 26.7. The van der Waals surface area contributed by atoms with Crippen LogP contribution in [0, 0.1) is 11.3 Å². The number of aromatic nitrogens is 5. The minimum atomic E-state index is -0.320. The highest BCUT2D eigenvalue weighted by Crippen LogP contribution is 2.52. The Kier molecular flexibility index (Phi) is 4.78. The largest absolute Gasteiger partial charge is 0.313 e. The number of rotatable bonds is 6. The summed E-state index contributed by atoms with van der Waals surface area (Å²) in [5.41, 5.74) is 1.66. The quantitative estimate of drug-likeness (QED) is 0.646. The lowest BCUT2D eigenvalue weighted by molar-refractivity contribution is -0.0979. The van der Waals surface area contributed by atoms with E-state index < -0.39 is 0 Å². The van der Waals surface area contributed by atoms with Gasteiger partial charge in [-0.05, 0) is 55.2 Å². The molecule has 3 aromatic rings. The molecule has 9 heteroatoms. The van der Waals surface area contributed by atoms with Crippen molar-refractivity contribution < 1.29 is 0 Å². The van der Waals surface area contributed by atoms with Crippen LogP contribution in [-0.2, 0) is 20.0 Å². The lowest BCUT2D eigenvalue weighted by Gasteiger charge is -2.59. The number of fused-ring (bicyclic) bond motifs is 1. The summed E-state index contributed by atoms with van der Waals surface area (Å²) in [6.45, 7) is 4.04. The van der Waals surface area contributed by atoms with Gasteiger partial charge in [-0.2, -0.15) is 10.2 Å². The molecule has 0 radical (unpaired) electrons. The molecule has 1 aliphatic carbocycles. The Morgan fingerprint density at radius 3 is 2.87 bits per heavy atom. The third-order valence-corrected chi connectivity index (χ3v) is 7.08. The third-order valence-electron chi connectivity index (χ3n) is 6.67. The minimum Gasteiger partial charge on any atom is -0.313 e. The molecule has 30 heavy (non-hydrogen) atoms. The summed E-state index contributed by atoms with van der Waals surface area (Å²) >= 11 is 6.03. The van der Waals surface area contributed by atoms with Crippen LogP contribution in [0.4, 0.5) is 0 Å². The lowest BCUT2D eigenvalue weighted by Crippen LogP contribution is -2.62. The molecule has 0 unspecified atom stereocenters. The number of nitrogens with one attached hydrogen (secondary N) is 1. The van der Waals surface area contributed by atoms with Crippen molar-refractivity contribution in [3.63, 3.8) is 0 Å². The molecule has 1 saturated heterocycles. The Morgan fingerprint density at radius 1 is 1.27 bits per heavy atom. The number of likely N-dealkylation sites (tertiary alicyclic amines) is 1. The molecular weight excluding hydrogens is 404 g/mol. The van der Waals surface area contributed by atoms with E-state index in [0.29, 0.717) is 16.8 Å². The fourth-order valence-corrected chi connectivity index (χ4v) is 5.52. The average Bonchev–Trinajstić information content (AvgIpc) is 3.04. The van der Waals surface area contributed by atoms with Gasteiger partial charge in [0, 0.05) is 38.3 Å². The molecular formula is C21H25ClN6O2. The summed E-state index contributed by atoms with van der Waals surface area (Å²) in [7, 11) is 1.82. The molecule has 2 fully saturated rings. The molecule has 3 aromatic heterocycles. The van der Waals surface area contributed by atoms with E-state index in [4.69, 9.17) is 11.6 Å². The van der Waals surface area contributed by atoms with Crippen LogP contribution in [0.25, 0.3) is 10.9 Å². The summed E-state index contributed by atoms with van der Waals surface area (Å²) in [5, 5.41) is 11.5. The van der Waals surface area contributed by atoms with Gasteiger partial charge in [0.15, 0.2) is 0 Å². The maximum absolute atomic E-state index is 12.7. The number of aromatic amines is 1. The van der Waals surface area contributed by atoms with Crippen LogP contribution < -0.4 is 11.1 Å². The van der Waals surface area contributed by atoms with Gasteiger partial charge in [0.2, 0.25) is 0 Å². The SMILES string of the molecule is Cn1ncc2ccn(CC3CC4(C3)CN(CCCc3cn[nH]c(=O)c3Cl)C4)c(=O)c21. The zero-order chi connectivity index (χ0) is 20.9. The van der Waals surface area contributed by atoms with Gasteiger partial charge in [-0.1, -0.05) is 11.6 Å². The van der Waals surface area contributed by atoms with Gasteiger partial charge < -0.3 is 9.47 Å². The molecule has 4 heterocycles. The van der Waals surface area contributed by atoms with E-state index in [-0.39, 0.29) is 16.1 Å². The van der Waals surface area contributed by atoms with Gasteiger partial charge in [-0.3, -0.25) is 14.3 Å². The number of hydrogen-bond acceptors (Lipinski definition) is 5. The van der Waals surface area contributed by atoms with Crippen molar-refractivity contribution in [3.8, 4) is 0 Å². The summed E-state index contributed by atoms with van der Waals surface area (Å²) in [5.74, 6) is 0.566. The second kappa shape index (κ2) is 7.35. The predicted octanol–water partition coefficient (Wildman–Crippen LogP) is 1.82. The van der Waals surface area contributed by atoms with Crippen molar-refractivity contribution in [1.82, 2.24) is 29.4 Å². The van der Waals surface area contributed by atoms with E-state index in [1.165, 1.54) is 12.8 Å². The molecule has 1 N–H and O–H groups in total. The number of nitrogens with zero attached hydrogens (tertiary/aromatic N) is 5. The third kappa shape index (κ3) is 3.37. The highest BCUT2D eigenvalue weighted by Gasteiger charge is 2.51. The standard InChI is InChI=1S/C21H25ClN6O2/c1-26-18-16(10-24-26)4-6-28(20(18)30)11-14-7-21(8-14)12-27(13-21)5-2-3-15-9-23-25-19(29)17(15)22/h4,6,9-10,14H,2-3,5,7-8,11-13H2,1H3,(H,25,29). The smallest absolute Gasteiger partial charge is 0.283 e. The zero-order valence-corrected chi connectivity index (χ0v) is 17.7. The summed E-state index contributed by atoms with van der Waals surface area (Å²) < 4.78 is 3.51. The van der Waals surface area contributed by atoms with Crippen LogP contribution in [0.5, 0.6) is 0 Å². The molecule has 0 bridgehead atoms. The van der Waals surface area contributed by atoms with E-state index in [0.717, 1.165) is 50.0 Å². The first-order chi connectivity index (χ1) is 14.4. The molecule has 1 saturated carbocycles. The Bertz CT molecular complexity index is 1200. The van der Waals surface area contributed by atoms with E-state index in [1.54, 1.807) is 17.1 Å². The van der Waals surface area contributed by atoms with Crippen LogP contribution in [0.3, 0.4) is 0 Å². The molecule has 2 aliphatic rings. The number of hydrogen-bond donors (Lipinski definition) is 1. The maximum Gasteiger partial charge on any atom is 0.283 e. The van der Waals surface area contributed by atoms with E-state index in [9.17, 15) is 9.59 Å². The van der Waals surface area contributed by atoms with Gasteiger partial charge in [0.1, 0.15) is 10.5 Å². The first-order valence-electron chi connectivity index (χ1n) is 10.4. The highest BCUT2D eigenvalue weighted by molar-refractivity contribution is 6.31. The van der Waals surface area contributed by atoms with Crippen LogP contribution in [-0.4, -0.2) is 49.1 Å². The van der Waals surface area contributed by atoms with E-state index in [1.807, 2.05) is 23.9 Å². The van der Waals surface area contributed by atoms with Gasteiger partial charge in [-0.25, -0.2) is 5.10 Å². The first-order valence-corrected chi connectivity index (χ1v) is 10.8. The molecule has 8 nitrogen and oxygen atoms in total. The Labute approximate surface area is 178 Å². The lowest BCUT2D eigenvalue weighted by atomic mass is 9.57. The number of H-pyrrole nitrogens is 1. The van der Waals surface area contributed by atoms with Crippen LogP contribution in [0.1, 0.15) is 24.8 Å². The Balaban J connectivity index is 1.10. The van der Waals surface area contributed by atoms with Gasteiger partial charge in [0.25, 0.3) is 11.1 Å². The molecule has 5 rings (SSSR count). The first kappa shape index (κ1) is 19.5. The highest BCUT2D eigenvalue weighted by atomic mass is 35.5. The molecule has 0 atom stereocenters. The van der Waals surface area contributed by atoms with E-state index in [2.05, 4.69) is 20.2 Å². The van der Waals surface area contributed by atoms with Crippen LogP contribution in [0.15, 0.2) is 34.2 Å². The van der Waals surface area contributed by atoms with Gasteiger partial charge >= 0.3 is 0 Å². The number of halogens is 1. The van der Waals surface area contributed by atoms with Crippen molar-refractivity contribution >= 4 is 22.5 Å². The van der Waals surface area contributed by atoms with Crippen molar-refractivity contribution in [2.75, 3.05) is 19.6 Å². The van der Waals surface area contributed by atoms with Crippen molar-refractivity contribution in [3.05, 3.63) is 56.0 Å². The monoisotopic (exact) mass is 428 g/mol. The molecule has 0 amide bonds. The normalized spacial score (nSPS) is 18.6. The fraction of sp³-hybridized carbons (Fsp3) is 0.524. The van der Waals surface area contributed by atoms with Crippen molar-refractivity contribution in [2.45, 2.75) is 32.2 Å². The molecule has 158 valence electrons. The van der Waals surface area contributed by atoms with Crippen molar-refractivity contribution in [2.24, 2.45) is 18.4 Å². The molecule has 0 aromatic carbocycles. The van der Waals surface area contributed by atoms with Gasteiger partial charge in [-0.15, -0.1) is 0 Å². The second-order valence-corrected chi connectivity index (χ2v) is 9.35. The van der Waals surface area contributed by atoms with E-state index >= 15 is 0 Å². The predicted molar refractivity (Wildman–Crippen MR) is 115 cm³/mol. The van der Waals surface area contributed by atoms with Crippen molar-refractivity contribution in [1.29, 1.82) is 0 Å². The molecule has 1 aliphatic heterocycles. The second-order valence-electron chi connectivity index (χ2n) is 8.97. The molecule has 1 spiro atoms. The van der Waals surface area contributed by atoms with Gasteiger partial charge in [0.05, 0.1) is 12.4 Å². The number of aryl methyl sites for hydroxylation is 2. The fourth-order valence-electron chi connectivity index (χ4n) is 5.33. The average molecular weight is 429 g/mol. The maximum atomic E-state index is 12.7. The topological polar surface area (TPSA) is 88.8 Å².